The molecule has 4 aromatic rings. The largest absolute Gasteiger partial charge is 0.507 e. The minimum absolute atomic E-state index is 0.0479. The molecule has 0 spiro atoms. The Kier molecular flexibility index (Phi) is 5.21. The minimum Gasteiger partial charge on any atom is -0.507 e. The number of aliphatic hydroxyl groups excluding tert-OH is 1. The molecule has 3 aromatic carbocycles. The van der Waals surface area contributed by atoms with Crippen LogP contribution in [0.4, 0.5) is 18.3 Å². The van der Waals surface area contributed by atoms with Gasteiger partial charge in [0.2, 0.25) is 0 Å². The number of nitrogens with zero attached hydrogens (tertiary/aromatic N) is 2. The second kappa shape index (κ2) is 8.11. The molecular weight excluding hydrogens is 465 g/mol. The molecule has 5 rings (SSSR count). The highest BCUT2D eigenvalue weighted by Gasteiger charge is 2.48. The zero-order chi connectivity index (χ0) is 24.1. The number of carbonyl (C=O) groups excluding carboxylic acids is 2. The normalized spacial score (nSPS) is 17.6. The summed E-state index contributed by atoms with van der Waals surface area (Å²) in [7, 11) is 0. The van der Waals surface area contributed by atoms with E-state index in [0.29, 0.717) is 5.56 Å². The standard InChI is InChI=1S/C25H15F3N2O3S/c1-12-3-2-4-14(9-12)21-20(22(31)13-5-7-15(26)8-6-13)23(32)24(33)30(21)25-29-18-10-16(27)17(28)11-19(18)34-25/h2-11,21,31H,1H3/b22-20+. The van der Waals surface area contributed by atoms with Crippen LogP contribution in [-0.2, 0) is 9.59 Å². The lowest BCUT2D eigenvalue weighted by molar-refractivity contribution is -0.132. The van der Waals surface area contributed by atoms with Crippen molar-refractivity contribution in [2.24, 2.45) is 0 Å². The Morgan fingerprint density at radius 2 is 1.71 bits per heavy atom. The minimum atomic E-state index is -1.09. The van der Waals surface area contributed by atoms with Gasteiger partial charge in [-0.2, -0.15) is 0 Å². The van der Waals surface area contributed by atoms with E-state index in [9.17, 15) is 27.9 Å². The lowest BCUT2D eigenvalue weighted by Gasteiger charge is -2.23. The molecule has 1 aliphatic heterocycles. The van der Waals surface area contributed by atoms with Crippen molar-refractivity contribution in [3.63, 3.8) is 0 Å². The molecule has 2 heterocycles. The van der Waals surface area contributed by atoms with Crippen LogP contribution in [0.5, 0.6) is 0 Å². The van der Waals surface area contributed by atoms with E-state index in [-0.39, 0.29) is 26.5 Å². The smallest absolute Gasteiger partial charge is 0.301 e. The Bertz CT molecular complexity index is 1470. The molecule has 1 amide bonds. The van der Waals surface area contributed by atoms with Crippen molar-refractivity contribution in [3.8, 4) is 0 Å². The molecule has 1 atom stereocenters. The van der Waals surface area contributed by atoms with Gasteiger partial charge in [-0.25, -0.2) is 18.2 Å². The number of carbonyl (C=O) groups is 2. The number of halogens is 3. The number of hydrogen-bond donors (Lipinski definition) is 1. The number of benzene rings is 3. The van der Waals surface area contributed by atoms with Gasteiger partial charge in [-0.15, -0.1) is 0 Å². The Balaban J connectivity index is 1.74. The molecule has 34 heavy (non-hydrogen) atoms. The van der Waals surface area contributed by atoms with Crippen molar-refractivity contribution >= 4 is 44.1 Å². The molecule has 1 aromatic heterocycles. The third-order valence-corrected chi connectivity index (χ3v) is 6.56. The van der Waals surface area contributed by atoms with E-state index in [1.165, 1.54) is 12.1 Å². The van der Waals surface area contributed by atoms with Crippen molar-refractivity contribution in [1.82, 2.24) is 4.98 Å². The number of aromatic nitrogens is 1. The molecule has 1 saturated heterocycles. The fourth-order valence-electron chi connectivity index (χ4n) is 3.96. The SMILES string of the molecule is Cc1cccc(C2/C(=C(\O)c3ccc(F)cc3)C(=O)C(=O)N2c2nc3cc(F)c(F)cc3s2)c1. The maximum atomic E-state index is 13.7. The van der Waals surface area contributed by atoms with E-state index in [0.717, 1.165) is 46.1 Å². The molecule has 1 fully saturated rings. The topological polar surface area (TPSA) is 70.5 Å². The van der Waals surface area contributed by atoms with Crippen LogP contribution in [0.3, 0.4) is 0 Å². The molecule has 0 aliphatic carbocycles. The van der Waals surface area contributed by atoms with Gasteiger partial charge < -0.3 is 5.11 Å². The predicted molar refractivity (Wildman–Crippen MR) is 122 cm³/mol. The van der Waals surface area contributed by atoms with Crippen LogP contribution < -0.4 is 4.90 Å². The first kappa shape index (κ1) is 21.8. The van der Waals surface area contributed by atoms with Gasteiger partial charge in [-0.3, -0.25) is 14.5 Å². The second-order valence-corrected chi connectivity index (χ2v) is 8.83. The Morgan fingerprint density at radius 3 is 2.41 bits per heavy atom. The van der Waals surface area contributed by atoms with Crippen LogP contribution in [0.1, 0.15) is 22.7 Å². The third-order valence-electron chi connectivity index (χ3n) is 5.55. The number of thiazole rings is 1. The summed E-state index contributed by atoms with van der Waals surface area (Å²) < 4.78 is 41.2. The molecule has 0 saturated carbocycles. The molecule has 9 heteroatoms. The summed E-state index contributed by atoms with van der Waals surface area (Å²) in [6.07, 6.45) is 0. The number of aryl methyl sites for hydroxylation is 1. The van der Waals surface area contributed by atoms with Gasteiger partial charge in [0.05, 0.1) is 21.8 Å². The molecule has 1 aliphatic rings. The zero-order valence-electron chi connectivity index (χ0n) is 17.6. The van der Waals surface area contributed by atoms with Gasteiger partial charge in [0.25, 0.3) is 5.78 Å². The predicted octanol–water partition coefficient (Wildman–Crippen LogP) is 5.65. The summed E-state index contributed by atoms with van der Waals surface area (Å²) in [5.41, 5.74) is 1.46. The molecule has 1 N–H and O–H groups in total. The fraction of sp³-hybridized carbons (Fsp3) is 0.0800. The van der Waals surface area contributed by atoms with Crippen LogP contribution in [0, 0.1) is 24.4 Å². The summed E-state index contributed by atoms with van der Waals surface area (Å²) >= 11 is 0.919. The number of ketones is 1. The first-order valence-corrected chi connectivity index (χ1v) is 11.0. The van der Waals surface area contributed by atoms with Crippen LogP contribution in [0.15, 0.2) is 66.2 Å². The molecular formula is C25H15F3N2O3S. The Hall–Kier alpha value is -3.98. The van der Waals surface area contributed by atoms with Crippen molar-refractivity contribution < 1.29 is 27.9 Å². The number of fused-ring (bicyclic) bond motifs is 1. The summed E-state index contributed by atoms with van der Waals surface area (Å²) in [5, 5.41) is 11.1. The summed E-state index contributed by atoms with van der Waals surface area (Å²) in [6.45, 7) is 1.83. The van der Waals surface area contributed by atoms with Gasteiger partial charge in [0.1, 0.15) is 11.6 Å². The number of rotatable bonds is 3. The van der Waals surface area contributed by atoms with Crippen LogP contribution in [0.2, 0.25) is 0 Å². The zero-order valence-corrected chi connectivity index (χ0v) is 18.4. The molecule has 170 valence electrons. The highest BCUT2D eigenvalue weighted by molar-refractivity contribution is 7.22. The van der Waals surface area contributed by atoms with E-state index < -0.39 is 40.9 Å². The number of hydrogen-bond acceptors (Lipinski definition) is 5. The first-order chi connectivity index (χ1) is 16.2. The summed E-state index contributed by atoms with van der Waals surface area (Å²) in [4.78, 5) is 31.7. The van der Waals surface area contributed by atoms with E-state index in [4.69, 9.17) is 0 Å². The Labute approximate surface area is 195 Å². The van der Waals surface area contributed by atoms with Gasteiger partial charge in [0, 0.05) is 11.6 Å². The van der Waals surface area contributed by atoms with Crippen molar-refractivity contribution in [2.45, 2.75) is 13.0 Å². The Morgan fingerprint density at radius 1 is 1.00 bits per heavy atom. The highest BCUT2D eigenvalue weighted by atomic mass is 32.1. The lowest BCUT2D eigenvalue weighted by atomic mass is 9.94. The van der Waals surface area contributed by atoms with Crippen molar-refractivity contribution in [3.05, 3.63) is 100 Å². The first-order valence-electron chi connectivity index (χ1n) is 10.1. The third kappa shape index (κ3) is 3.54. The fourth-order valence-corrected chi connectivity index (χ4v) is 4.96. The van der Waals surface area contributed by atoms with E-state index in [2.05, 4.69) is 4.98 Å². The summed E-state index contributed by atoms with van der Waals surface area (Å²) in [6, 6.07) is 12.7. The van der Waals surface area contributed by atoms with Gasteiger partial charge in [-0.05, 0) is 42.8 Å². The van der Waals surface area contributed by atoms with Crippen LogP contribution in [0.25, 0.3) is 16.0 Å². The summed E-state index contributed by atoms with van der Waals surface area (Å²) in [5.74, 6) is -5.04. The maximum Gasteiger partial charge on any atom is 0.301 e. The van der Waals surface area contributed by atoms with E-state index >= 15 is 0 Å². The maximum absolute atomic E-state index is 13.7. The molecule has 1 unspecified atom stereocenters. The number of anilines is 1. The molecule has 0 radical (unpaired) electrons. The number of amides is 1. The van der Waals surface area contributed by atoms with Crippen molar-refractivity contribution in [1.29, 1.82) is 0 Å². The number of Topliss-reactive ketones (excluding diaryl/α,β-unsaturated/α-hetero) is 1. The monoisotopic (exact) mass is 480 g/mol. The molecule has 5 nitrogen and oxygen atoms in total. The van der Waals surface area contributed by atoms with Gasteiger partial charge in [0.15, 0.2) is 16.8 Å². The van der Waals surface area contributed by atoms with Crippen LogP contribution >= 0.6 is 11.3 Å². The number of aliphatic hydroxyl groups is 1. The lowest BCUT2D eigenvalue weighted by Crippen LogP contribution is -2.29. The highest BCUT2D eigenvalue weighted by Crippen LogP contribution is 2.44. The van der Waals surface area contributed by atoms with Gasteiger partial charge in [-0.1, -0.05) is 41.2 Å². The van der Waals surface area contributed by atoms with E-state index in [1.54, 1.807) is 18.2 Å². The van der Waals surface area contributed by atoms with Crippen LogP contribution in [-0.4, -0.2) is 21.8 Å². The average molecular weight is 480 g/mol. The van der Waals surface area contributed by atoms with Crippen molar-refractivity contribution in [2.75, 3.05) is 4.90 Å². The average Bonchev–Trinajstić information content (AvgIpc) is 3.32. The molecule has 0 bridgehead atoms. The van der Waals surface area contributed by atoms with E-state index in [1.807, 2.05) is 13.0 Å². The quantitative estimate of drug-likeness (QED) is 0.234. The second-order valence-electron chi connectivity index (χ2n) is 7.82. The van der Waals surface area contributed by atoms with Gasteiger partial charge >= 0.3 is 5.91 Å².